The number of rotatable bonds is 9. The highest BCUT2D eigenvalue weighted by atomic mass is 16.6. The van der Waals surface area contributed by atoms with Crippen LogP contribution in [0, 0.1) is 0 Å². The van der Waals surface area contributed by atoms with Crippen LogP contribution in [0.25, 0.3) is 0 Å². The number of allylic oxidation sites excluding steroid dienone is 1. The largest absolute Gasteiger partial charge is 0.460 e. The van der Waals surface area contributed by atoms with Crippen molar-refractivity contribution in [3.05, 3.63) is 41.1 Å². The van der Waals surface area contributed by atoms with Gasteiger partial charge in [-0.25, -0.2) is 9.59 Å². The van der Waals surface area contributed by atoms with Crippen molar-refractivity contribution in [1.29, 1.82) is 0 Å². The molecule has 1 aliphatic heterocycles. The van der Waals surface area contributed by atoms with Crippen LogP contribution in [0.15, 0.2) is 35.5 Å². The molecule has 0 radical (unpaired) electrons. The average Bonchev–Trinajstić information content (AvgIpc) is 2.70. The number of nitrogens with one attached hydrogen (secondary N) is 2. The molecule has 8 nitrogen and oxygen atoms in total. The summed E-state index contributed by atoms with van der Waals surface area (Å²) in [6.07, 6.45) is 1.10. The number of carbonyl (C=O) groups excluding carboxylic acids is 3. The van der Waals surface area contributed by atoms with E-state index in [1.165, 1.54) is 7.11 Å². The fraction of sp³-hybridized carbons (Fsp3) is 0.476. The summed E-state index contributed by atoms with van der Waals surface area (Å²) < 4.78 is 10.3. The van der Waals surface area contributed by atoms with Crippen molar-refractivity contribution in [2.45, 2.75) is 39.7 Å². The Morgan fingerprint density at radius 2 is 2.00 bits per heavy atom. The molecular formula is C21H29N3O5. The lowest BCUT2D eigenvalue weighted by Gasteiger charge is -2.35. The molecule has 1 heterocycles. The molecule has 0 fully saturated rings. The van der Waals surface area contributed by atoms with Crippen LogP contribution in [0.5, 0.6) is 0 Å². The summed E-state index contributed by atoms with van der Waals surface area (Å²) in [5.74, 6) is -0.622. The third kappa shape index (κ3) is 5.57. The van der Waals surface area contributed by atoms with Crippen LogP contribution >= 0.6 is 0 Å². The predicted octanol–water partition coefficient (Wildman–Crippen LogP) is 2.98. The third-order valence-electron chi connectivity index (χ3n) is 4.61. The Balaban J connectivity index is 2.42. The zero-order valence-electron chi connectivity index (χ0n) is 17.4. The van der Waals surface area contributed by atoms with Crippen LogP contribution in [0.2, 0.25) is 0 Å². The van der Waals surface area contributed by atoms with Crippen LogP contribution in [-0.4, -0.2) is 49.7 Å². The van der Waals surface area contributed by atoms with E-state index >= 15 is 0 Å². The molecule has 0 saturated carbocycles. The van der Waals surface area contributed by atoms with Crippen molar-refractivity contribution in [2.24, 2.45) is 0 Å². The number of ether oxygens (including phenoxy) is 2. The molecule has 8 heteroatoms. The molecule has 0 saturated heterocycles. The van der Waals surface area contributed by atoms with Crippen LogP contribution in [0.1, 0.15) is 45.2 Å². The lowest BCUT2D eigenvalue weighted by Crippen LogP contribution is -2.48. The van der Waals surface area contributed by atoms with Gasteiger partial charge in [0, 0.05) is 31.5 Å². The monoisotopic (exact) mass is 403 g/mol. The van der Waals surface area contributed by atoms with E-state index in [0.29, 0.717) is 35.5 Å². The molecule has 29 heavy (non-hydrogen) atoms. The molecule has 1 aromatic rings. The van der Waals surface area contributed by atoms with Gasteiger partial charge in [-0.1, -0.05) is 26.0 Å². The molecule has 0 bridgehead atoms. The van der Waals surface area contributed by atoms with E-state index in [1.807, 2.05) is 6.92 Å². The minimum Gasteiger partial charge on any atom is -0.460 e. The smallest absolute Gasteiger partial charge is 0.338 e. The maximum Gasteiger partial charge on any atom is 0.338 e. The van der Waals surface area contributed by atoms with Gasteiger partial charge in [0.2, 0.25) is 5.91 Å². The minimum atomic E-state index is -0.677. The molecule has 0 spiro atoms. The highest BCUT2D eigenvalue weighted by Crippen LogP contribution is 2.32. The lowest BCUT2D eigenvalue weighted by atomic mass is 9.94. The van der Waals surface area contributed by atoms with Crippen molar-refractivity contribution in [1.82, 2.24) is 10.2 Å². The fourth-order valence-corrected chi connectivity index (χ4v) is 3.13. The number of benzene rings is 1. The van der Waals surface area contributed by atoms with Gasteiger partial charge < -0.3 is 20.1 Å². The Labute approximate surface area is 171 Å². The Morgan fingerprint density at radius 3 is 2.66 bits per heavy atom. The Bertz CT molecular complexity index is 790. The normalized spacial score (nSPS) is 16.5. The average molecular weight is 403 g/mol. The molecule has 0 unspecified atom stereocenters. The highest BCUT2D eigenvalue weighted by molar-refractivity contribution is 5.95. The second kappa shape index (κ2) is 10.6. The summed E-state index contributed by atoms with van der Waals surface area (Å²) in [6.45, 7) is 6.37. The van der Waals surface area contributed by atoms with Gasteiger partial charge in [0.1, 0.15) is 6.61 Å². The van der Waals surface area contributed by atoms with Gasteiger partial charge in [0.15, 0.2) is 0 Å². The van der Waals surface area contributed by atoms with E-state index in [0.717, 1.165) is 6.42 Å². The Hall–Kier alpha value is -2.87. The maximum atomic E-state index is 12.8. The molecular weight excluding hydrogens is 374 g/mol. The first-order chi connectivity index (χ1) is 13.9. The summed E-state index contributed by atoms with van der Waals surface area (Å²) in [7, 11) is 1.53. The lowest BCUT2D eigenvalue weighted by molar-refractivity contribution is -0.141. The van der Waals surface area contributed by atoms with Crippen molar-refractivity contribution in [3.8, 4) is 0 Å². The van der Waals surface area contributed by atoms with E-state index in [1.54, 1.807) is 43.0 Å². The first-order valence-corrected chi connectivity index (χ1v) is 9.77. The van der Waals surface area contributed by atoms with Crippen molar-refractivity contribution in [2.75, 3.05) is 32.2 Å². The van der Waals surface area contributed by atoms with Gasteiger partial charge in [-0.3, -0.25) is 9.69 Å². The van der Waals surface area contributed by atoms with E-state index < -0.39 is 12.0 Å². The van der Waals surface area contributed by atoms with Crippen molar-refractivity contribution >= 4 is 23.6 Å². The number of esters is 1. The van der Waals surface area contributed by atoms with Gasteiger partial charge >= 0.3 is 12.0 Å². The molecule has 1 aromatic carbocycles. The van der Waals surface area contributed by atoms with E-state index in [-0.39, 0.29) is 25.2 Å². The van der Waals surface area contributed by atoms with Gasteiger partial charge in [0.05, 0.1) is 18.2 Å². The van der Waals surface area contributed by atoms with Crippen LogP contribution < -0.4 is 10.6 Å². The number of amides is 3. The van der Waals surface area contributed by atoms with E-state index in [4.69, 9.17) is 9.47 Å². The van der Waals surface area contributed by atoms with Gasteiger partial charge in [-0.15, -0.1) is 0 Å². The summed E-state index contributed by atoms with van der Waals surface area (Å²) in [5, 5.41) is 5.70. The standard InChI is InChI=1S/C21H29N3O5/c1-5-10-24-14(3)18(20(26)29-12-11-28-4)19(23-21(24)27)15-8-7-9-16(13-15)22-17(25)6-2/h7-9,13,19H,5-6,10-12H2,1-4H3,(H,22,25)(H,23,27)/t19-/m0/s1. The first kappa shape index (κ1) is 22.4. The summed E-state index contributed by atoms with van der Waals surface area (Å²) >= 11 is 0. The molecule has 3 amide bonds. The van der Waals surface area contributed by atoms with Gasteiger partial charge in [-0.05, 0) is 31.0 Å². The van der Waals surface area contributed by atoms with E-state index in [9.17, 15) is 14.4 Å². The fourth-order valence-electron chi connectivity index (χ4n) is 3.13. The summed E-state index contributed by atoms with van der Waals surface area (Å²) in [5.41, 5.74) is 2.21. The SMILES string of the molecule is CCCN1C(=O)N[C@@H](c2cccc(NC(=O)CC)c2)C(C(=O)OCCOC)=C1C. The number of carbonyl (C=O) groups is 3. The summed E-state index contributed by atoms with van der Waals surface area (Å²) in [4.78, 5) is 38.8. The number of methoxy groups -OCH3 is 1. The maximum absolute atomic E-state index is 12.8. The number of urea groups is 1. The number of anilines is 1. The van der Waals surface area contributed by atoms with Crippen molar-refractivity contribution in [3.63, 3.8) is 0 Å². The van der Waals surface area contributed by atoms with Gasteiger partial charge in [-0.2, -0.15) is 0 Å². The summed E-state index contributed by atoms with van der Waals surface area (Å²) in [6, 6.07) is 6.14. The van der Waals surface area contributed by atoms with Crippen LogP contribution in [0.4, 0.5) is 10.5 Å². The Morgan fingerprint density at radius 1 is 1.24 bits per heavy atom. The molecule has 2 rings (SSSR count). The van der Waals surface area contributed by atoms with Crippen LogP contribution in [-0.2, 0) is 19.1 Å². The second-order valence-electron chi connectivity index (χ2n) is 6.69. The minimum absolute atomic E-state index is 0.116. The second-order valence-corrected chi connectivity index (χ2v) is 6.69. The predicted molar refractivity (Wildman–Crippen MR) is 109 cm³/mol. The zero-order valence-corrected chi connectivity index (χ0v) is 17.4. The zero-order chi connectivity index (χ0) is 21.4. The van der Waals surface area contributed by atoms with Crippen molar-refractivity contribution < 1.29 is 23.9 Å². The quantitative estimate of drug-likeness (QED) is 0.488. The molecule has 1 aliphatic rings. The number of hydrogen-bond donors (Lipinski definition) is 2. The molecule has 0 aromatic heterocycles. The first-order valence-electron chi connectivity index (χ1n) is 9.77. The number of nitrogens with zero attached hydrogens (tertiary/aromatic N) is 1. The number of hydrogen-bond acceptors (Lipinski definition) is 5. The van der Waals surface area contributed by atoms with E-state index in [2.05, 4.69) is 10.6 Å². The topological polar surface area (TPSA) is 97.0 Å². The molecule has 2 N–H and O–H groups in total. The van der Waals surface area contributed by atoms with Crippen LogP contribution in [0.3, 0.4) is 0 Å². The highest BCUT2D eigenvalue weighted by Gasteiger charge is 2.36. The third-order valence-corrected chi connectivity index (χ3v) is 4.61. The Kier molecular flexibility index (Phi) is 8.21. The van der Waals surface area contributed by atoms with Gasteiger partial charge in [0.25, 0.3) is 0 Å². The molecule has 0 aliphatic carbocycles. The molecule has 1 atom stereocenters. The molecule has 158 valence electrons.